The number of carbonyl (C=O) groups excluding carboxylic acids is 1. The molecule has 1 aliphatic rings. The van der Waals surface area contributed by atoms with E-state index in [1.807, 2.05) is 0 Å². The second-order valence-electron chi connectivity index (χ2n) is 5.31. The quantitative estimate of drug-likeness (QED) is 0.594. The van der Waals surface area contributed by atoms with Gasteiger partial charge in [-0.1, -0.05) is 0 Å². The first-order valence-electron chi connectivity index (χ1n) is 6.14. The van der Waals surface area contributed by atoms with Crippen LogP contribution in [0.5, 0.6) is 0 Å². The summed E-state index contributed by atoms with van der Waals surface area (Å²) in [6.07, 6.45) is 3.43. The van der Waals surface area contributed by atoms with Gasteiger partial charge in [-0.05, 0) is 25.8 Å². The number of nitrogens with one attached hydrogen (secondary N) is 1. The zero-order valence-corrected chi connectivity index (χ0v) is 12.8. The Labute approximate surface area is 137 Å². The average molecular weight is 319 g/mol. The van der Waals surface area contributed by atoms with E-state index < -0.39 is 33.2 Å². The van der Waals surface area contributed by atoms with Crippen LogP contribution in [0.3, 0.4) is 0 Å². The monoisotopic (exact) mass is 319 g/mol. The van der Waals surface area contributed by atoms with E-state index in [2.05, 4.69) is 9.71 Å². The summed E-state index contributed by atoms with van der Waals surface area (Å²) in [5.41, 5.74) is -0.651. The van der Waals surface area contributed by atoms with E-state index in [-0.39, 0.29) is 29.3 Å². The van der Waals surface area contributed by atoms with Gasteiger partial charge in [0.15, 0.2) is 5.82 Å². The number of nitrogens with zero attached hydrogens (tertiary/aromatic N) is 2. The van der Waals surface area contributed by atoms with Crippen LogP contribution in [0.2, 0.25) is 0 Å². The maximum Gasteiger partial charge on any atom is 1.00 e. The molecule has 0 saturated heterocycles. The van der Waals surface area contributed by atoms with Gasteiger partial charge >= 0.3 is 18.9 Å². The van der Waals surface area contributed by atoms with Gasteiger partial charge in [0, 0.05) is 11.7 Å². The number of hydrogen-bond donors (Lipinski definition) is 1. The molecular formula is C12H11FLiN3O4S. The minimum absolute atomic E-state index is 0. The van der Waals surface area contributed by atoms with E-state index in [1.54, 1.807) is 6.92 Å². The van der Waals surface area contributed by atoms with Crippen molar-refractivity contribution >= 4 is 21.5 Å². The average Bonchev–Trinajstić information content (AvgIpc) is 2.91. The second kappa shape index (κ2) is 5.35. The van der Waals surface area contributed by atoms with Crippen molar-refractivity contribution in [2.75, 3.05) is 0 Å². The minimum Gasteiger partial charge on any atom is -0.542 e. The molecule has 1 fully saturated rings. The van der Waals surface area contributed by atoms with Crippen molar-refractivity contribution < 1.29 is 41.6 Å². The summed E-state index contributed by atoms with van der Waals surface area (Å²) in [6, 6.07) is 0.837. The molecule has 1 saturated carbocycles. The van der Waals surface area contributed by atoms with Gasteiger partial charge in [-0.25, -0.2) is 22.5 Å². The third-order valence-corrected chi connectivity index (χ3v) is 5.05. The predicted octanol–water partition coefficient (Wildman–Crippen LogP) is -3.33. The number of hydrogen-bond acceptors (Lipinski definition) is 5. The van der Waals surface area contributed by atoms with Crippen LogP contribution in [-0.4, -0.2) is 29.3 Å². The summed E-state index contributed by atoms with van der Waals surface area (Å²) < 4.78 is 41.7. The van der Waals surface area contributed by atoms with Crippen molar-refractivity contribution in [1.82, 2.24) is 14.1 Å². The molecule has 7 nitrogen and oxygen atoms in total. The number of imidazole rings is 1. The van der Waals surface area contributed by atoms with Crippen LogP contribution in [0.1, 0.15) is 30.4 Å². The largest absolute Gasteiger partial charge is 1.00 e. The van der Waals surface area contributed by atoms with Gasteiger partial charge in [0.05, 0.1) is 6.20 Å². The van der Waals surface area contributed by atoms with Gasteiger partial charge in [0.25, 0.3) is 0 Å². The molecule has 0 bridgehead atoms. The molecule has 0 aliphatic heterocycles. The fourth-order valence-electron chi connectivity index (χ4n) is 2.00. The summed E-state index contributed by atoms with van der Waals surface area (Å²) in [4.78, 5) is 14.1. The molecule has 0 unspecified atom stereocenters. The van der Waals surface area contributed by atoms with Crippen LogP contribution in [0.25, 0.3) is 5.52 Å². The minimum atomic E-state index is -3.94. The third-order valence-electron chi connectivity index (χ3n) is 3.44. The molecular weight excluding hydrogens is 308 g/mol. The number of sulfonamides is 1. The first-order valence-corrected chi connectivity index (χ1v) is 7.62. The fraction of sp³-hybridized carbons (Fsp3) is 0.333. The van der Waals surface area contributed by atoms with Crippen molar-refractivity contribution in [3.8, 4) is 0 Å². The maximum absolute atomic E-state index is 13.9. The number of fused-ring (bicyclic) bond motifs is 1. The zero-order valence-electron chi connectivity index (χ0n) is 12.0. The Morgan fingerprint density at radius 3 is 2.68 bits per heavy atom. The van der Waals surface area contributed by atoms with Gasteiger partial charge in [0.1, 0.15) is 22.2 Å². The molecule has 2 aromatic rings. The summed E-state index contributed by atoms with van der Waals surface area (Å²) in [7, 11) is -3.94. The van der Waals surface area contributed by atoms with Crippen molar-refractivity contribution in [2.24, 2.45) is 0 Å². The van der Waals surface area contributed by atoms with E-state index in [4.69, 9.17) is 0 Å². The molecule has 1 N–H and O–H groups in total. The van der Waals surface area contributed by atoms with Crippen molar-refractivity contribution in [1.29, 1.82) is 0 Å². The van der Waals surface area contributed by atoms with Crippen LogP contribution in [0.15, 0.2) is 23.4 Å². The smallest absolute Gasteiger partial charge is 0.542 e. The normalized spacial score (nSPS) is 16.3. The first-order chi connectivity index (χ1) is 9.72. The van der Waals surface area contributed by atoms with Crippen LogP contribution >= 0.6 is 0 Å². The molecule has 112 valence electrons. The Morgan fingerprint density at radius 1 is 1.50 bits per heavy atom. The zero-order chi connectivity index (χ0) is 15.4. The van der Waals surface area contributed by atoms with Gasteiger partial charge in [-0.15, -0.1) is 0 Å². The Morgan fingerprint density at radius 2 is 2.14 bits per heavy atom. The van der Waals surface area contributed by atoms with E-state index in [9.17, 15) is 22.7 Å². The third kappa shape index (κ3) is 2.90. The van der Waals surface area contributed by atoms with E-state index in [0.29, 0.717) is 12.8 Å². The summed E-state index contributed by atoms with van der Waals surface area (Å²) in [5, 5.41) is 10.9. The van der Waals surface area contributed by atoms with E-state index in [1.165, 1.54) is 0 Å². The standard InChI is InChI=1S/C12H12FN3O4S.Li/c1-12(2-3-12)15-21(19,20)7-4-8(13)9-5-14-10(11(17)18)16(9)6-7;/h4-6,15H,2-3H2,1H3,(H,17,18);/q;+1/p-1. The van der Waals surface area contributed by atoms with Crippen molar-refractivity contribution in [3.05, 3.63) is 30.1 Å². The first kappa shape index (κ1) is 17.0. The molecule has 1 aliphatic carbocycles. The molecule has 2 aromatic heterocycles. The summed E-state index contributed by atoms with van der Waals surface area (Å²) in [5.74, 6) is -3.05. The molecule has 0 atom stereocenters. The Bertz CT molecular complexity index is 861. The molecule has 2 heterocycles. The SMILES string of the molecule is CC1(NS(=O)(=O)c2cc(F)c3cnc(C(=O)[O-])n3c2)CC1.[Li+]. The Hall–Kier alpha value is -1.40. The number of halogens is 1. The molecule has 10 heteroatoms. The van der Waals surface area contributed by atoms with Gasteiger partial charge in [-0.2, -0.15) is 0 Å². The molecule has 0 amide bonds. The maximum atomic E-state index is 13.9. The molecule has 0 spiro atoms. The van der Waals surface area contributed by atoms with Gasteiger partial charge in [0.2, 0.25) is 10.0 Å². The number of aromatic nitrogens is 2. The van der Waals surface area contributed by atoms with E-state index in [0.717, 1.165) is 22.9 Å². The number of carboxylic acids is 1. The number of carboxylic acid groups (broad SMARTS) is 1. The number of rotatable bonds is 4. The van der Waals surface area contributed by atoms with Crippen LogP contribution in [-0.2, 0) is 10.0 Å². The van der Waals surface area contributed by atoms with Gasteiger partial charge < -0.3 is 9.90 Å². The number of aromatic carboxylic acids is 1. The van der Waals surface area contributed by atoms with Crippen molar-refractivity contribution in [2.45, 2.75) is 30.2 Å². The van der Waals surface area contributed by atoms with Crippen LogP contribution < -0.4 is 28.7 Å². The molecule has 3 rings (SSSR count). The number of pyridine rings is 1. The van der Waals surface area contributed by atoms with E-state index >= 15 is 0 Å². The molecule has 0 aromatic carbocycles. The second-order valence-corrected chi connectivity index (χ2v) is 7.00. The summed E-state index contributed by atoms with van der Waals surface area (Å²) in [6.45, 7) is 1.74. The molecule has 0 radical (unpaired) electrons. The van der Waals surface area contributed by atoms with Gasteiger partial charge in [-0.3, -0.25) is 4.40 Å². The molecule has 22 heavy (non-hydrogen) atoms. The Kier molecular flexibility index (Phi) is 4.12. The topological polar surface area (TPSA) is 104 Å². The fourth-order valence-corrected chi connectivity index (χ4v) is 3.48. The van der Waals surface area contributed by atoms with Crippen LogP contribution in [0.4, 0.5) is 4.39 Å². The Balaban J connectivity index is 0.00000176. The van der Waals surface area contributed by atoms with Crippen molar-refractivity contribution in [3.63, 3.8) is 0 Å². The summed E-state index contributed by atoms with van der Waals surface area (Å²) >= 11 is 0. The predicted molar refractivity (Wildman–Crippen MR) is 67.4 cm³/mol. The van der Waals surface area contributed by atoms with Crippen LogP contribution in [0, 0.1) is 5.82 Å². The number of carbonyl (C=O) groups is 1.